The van der Waals surface area contributed by atoms with Gasteiger partial charge in [-0.2, -0.15) is 0 Å². The van der Waals surface area contributed by atoms with Crippen LogP contribution in [0.5, 0.6) is 5.75 Å². The first-order chi connectivity index (χ1) is 8.83. The summed E-state index contributed by atoms with van der Waals surface area (Å²) in [5, 5.41) is 1.29. The molecule has 0 bridgehead atoms. The van der Waals surface area contributed by atoms with Crippen LogP contribution in [0.2, 0.25) is 0 Å². The van der Waals surface area contributed by atoms with Gasteiger partial charge < -0.3 is 4.74 Å². The first-order valence-electron chi connectivity index (χ1n) is 5.68. The van der Waals surface area contributed by atoms with E-state index < -0.39 is 0 Å². The quantitative estimate of drug-likeness (QED) is 0.641. The van der Waals surface area contributed by atoms with Crippen LogP contribution in [0, 0.1) is 0 Å². The van der Waals surface area contributed by atoms with Crippen LogP contribution in [-0.2, 0) is 6.61 Å². The van der Waals surface area contributed by atoms with Gasteiger partial charge in [0.1, 0.15) is 12.4 Å². The Morgan fingerprint density at radius 1 is 1.00 bits per heavy atom. The van der Waals surface area contributed by atoms with E-state index in [-0.39, 0.29) is 0 Å². The van der Waals surface area contributed by atoms with E-state index in [9.17, 15) is 0 Å². The van der Waals surface area contributed by atoms with E-state index in [1.165, 1.54) is 15.0 Å². The van der Waals surface area contributed by atoms with Crippen molar-refractivity contribution >= 4 is 37.4 Å². The van der Waals surface area contributed by atoms with Crippen LogP contribution in [0.25, 0.3) is 10.1 Å². The highest BCUT2D eigenvalue weighted by molar-refractivity contribution is 9.10. The Bertz CT molecular complexity index is 642. The van der Waals surface area contributed by atoms with Gasteiger partial charge in [0.2, 0.25) is 0 Å². The highest BCUT2D eigenvalue weighted by Gasteiger charge is 2.03. The van der Waals surface area contributed by atoms with Crippen LogP contribution in [0.4, 0.5) is 0 Å². The number of fused-ring (bicyclic) bond motifs is 1. The molecule has 0 spiro atoms. The Morgan fingerprint density at radius 3 is 2.61 bits per heavy atom. The van der Waals surface area contributed by atoms with E-state index in [0.29, 0.717) is 6.61 Å². The number of ether oxygens (including phenoxy) is 1. The summed E-state index contributed by atoms with van der Waals surface area (Å²) in [6.07, 6.45) is 0. The largest absolute Gasteiger partial charge is 0.487 e. The third-order valence-corrected chi connectivity index (χ3v) is 4.43. The average molecular weight is 319 g/mol. The number of thiophene rings is 1. The van der Waals surface area contributed by atoms with Crippen LogP contribution in [0.1, 0.15) is 4.88 Å². The lowest BCUT2D eigenvalue weighted by Crippen LogP contribution is -1.92. The second kappa shape index (κ2) is 5.12. The van der Waals surface area contributed by atoms with Gasteiger partial charge in [-0.05, 0) is 45.6 Å². The molecule has 0 radical (unpaired) electrons. The summed E-state index contributed by atoms with van der Waals surface area (Å²) < 4.78 is 8.12. The van der Waals surface area contributed by atoms with Crippen molar-refractivity contribution in [3.05, 3.63) is 63.9 Å². The Kier molecular flexibility index (Phi) is 3.35. The number of benzene rings is 2. The summed E-state index contributed by atoms with van der Waals surface area (Å²) in [7, 11) is 0. The lowest BCUT2D eigenvalue weighted by atomic mass is 10.2. The zero-order valence-corrected chi connectivity index (χ0v) is 12.0. The van der Waals surface area contributed by atoms with Gasteiger partial charge in [-0.25, -0.2) is 0 Å². The lowest BCUT2D eigenvalue weighted by Gasteiger charge is -2.05. The molecule has 3 rings (SSSR count). The molecule has 1 aromatic heterocycles. The average Bonchev–Trinajstić information content (AvgIpc) is 2.80. The fourth-order valence-electron chi connectivity index (χ4n) is 1.82. The number of halogens is 1. The fraction of sp³-hybridized carbons (Fsp3) is 0.0667. The molecule has 0 fully saturated rings. The first-order valence-corrected chi connectivity index (χ1v) is 7.29. The topological polar surface area (TPSA) is 9.23 Å². The Balaban J connectivity index is 1.79. The van der Waals surface area contributed by atoms with Gasteiger partial charge in [-0.1, -0.05) is 30.3 Å². The third-order valence-electron chi connectivity index (χ3n) is 2.68. The lowest BCUT2D eigenvalue weighted by molar-refractivity contribution is 0.308. The number of hydrogen-bond acceptors (Lipinski definition) is 2. The normalized spacial score (nSPS) is 10.7. The van der Waals surface area contributed by atoms with Crippen LogP contribution >= 0.6 is 27.3 Å². The van der Waals surface area contributed by atoms with Gasteiger partial charge in [0, 0.05) is 9.58 Å². The van der Waals surface area contributed by atoms with E-state index in [0.717, 1.165) is 10.2 Å². The molecule has 0 N–H and O–H groups in total. The highest BCUT2D eigenvalue weighted by atomic mass is 79.9. The number of para-hydroxylation sites is 1. The molecule has 0 saturated carbocycles. The van der Waals surface area contributed by atoms with E-state index in [2.05, 4.69) is 46.3 Å². The SMILES string of the molecule is Brc1ccccc1OCc1cc2ccccc2s1. The maximum absolute atomic E-state index is 5.82. The third kappa shape index (κ3) is 2.42. The summed E-state index contributed by atoms with van der Waals surface area (Å²) >= 11 is 5.26. The zero-order chi connectivity index (χ0) is 12.4. The van der Waals surface area contributed by atoms with Crippen molar-refractivity contribution in [2.75, 3.05) is 0 Å². The molecule has 0 aliphatic rings. The highest BCUT2D eigenvalue weighted by Crippen LogP contribution is 2.28. The van der Waals surface area contributed by atoms with Gasteiger partial charge in [-0.15, -0.1) is 11.3 Å². The molecule has 0 aliphatic carbocycles. The van der Waals surface area contributed by atoms with Crippen molar-refractivity contribution in [1.82, 2.24) is 0 Å². The van der Waals surface area contributed by atoms with Gasteiger partial charge in [-0.3, -0.25) is 0 Å². The van der Waals surface area contributed by atoms with Gasteiger partial charge >= 0.3 is 0 Å². The molecule has 18 heavy (non-hydrogen) atoms. The van der Waals surface area contributed by atoms with Crippen LogP contribution in [-0.4, -0.2) is 0 Å². The molecule has 0 unspecified atom stereocenters. The second-order valence-electron chi connectivity index (χ2n) is 3.97. The molecule has 0 atom stereocenters. The Labute approximate surface area is 118 Å². The molecule has 1 heterocycles. The number of hydrogen-bond donors (Lipinski definition) is 0. The standard InChI is InChI=1S/C15H11BrOS/c16-13-6-2-3-7-14(13)17-10-12-9-11-5-1-4-8-15(11)18-12/h1-9H,10H2. The first kappa shape index (κ1) is 11.8. The van der Waals surface area contributed by atoms with Gasteiger partial charge in [0.25, 0.3) is 0 Å². The smallest absolute Gasteiger partial charge is 0.134 e. The molecule has 2 aromatic carbocycles. The van der Waals surface area contributed by atoms with Crippen molar-refractivity contribution in [3.63, 3.8) is 0 Å². The molecule has 0 saturated heterocycles. The molecular weight excluding hydrogens is 308 g/mol. The minimum absolute atomic E-state index is 0.613. The Morgan fingerprint density at radius 2 is 1.78 bits per heavy atom. The van der Waals surface area contributed by atoms with Crippen molar-refractivity contribution in [2.24, 2.45) is 0 Å². The molecule has 3 heteroatoms. The van der Waals surface area contributed by atoms with E-state index in [1.807, 2.05) is 24.3 Å². The van der Waals surface area contributed by atoms with Crippen molar-refractivity contribution < 1.29 is 4.74 Å². The predicted molar refractivity (Wildman–Crippen MR) is 80.3 cm³/mol. The maximum Gasteiger partial charge on any atom is 0.134 e. The minimum Gasteiger partial charge on any atom is -0.487 e. The zero-order valence-electron chi connectivity index (χ0n) is 9.60. The summed E-state index contributed by atoms with van der Waals surface area (Å²) in [4.78, 5) is 1.24. The second-order valence-corrected chi connectivity index (χ2v) is 5.99. The van der Waals surface area contributed by atoms with E-state index in [1.54, 1.807) is 11.3 Å². The molecular formula is C15H11BrOS. The van der Waals surface area contributed by atoms with Crippen molar-refractivity contribution in [3.8, 4) is 5.75 Å². The van der Waals surface area contributed by atoms with Crippen LogP contribution in [0.3, 0.4) is 0 Å². The summed E-state index contributed by atoms with van der Waals surface area (Å²) in [6.45, 7) is 0.613. The molecule has 3 aromatic rings. The van der Waals surface area contributed by atoms with Gasteiger partial charge in [0.05, 0.1) is 4.47 Å². The molecule has 90 valence electrons. The molecule has 0 aliphatic heterocycles. The van der Waals surface area contributed by atoms with Crippen LogP contribution in [0.15, 0.2) is 59.1 Å². The van der Waals surface area contributed by atoms with Crippen LogP contribution < -0.4 is 4.74 Å². The fourth-order valence-corrected chi connectivity index (χ4v) is 3.20. The number of rotatable bonds is 3. The predicted octanol–water partition coefficient (Wildman–Crippen LogP) is 5.24. The van der Waals surface area contributed by atoms with Crippen molar-refractivity contribution in [2.45, 2.75) is 6.61 Å². The molecule has 0 amide bonds. The Hall–Kier alpha value is -1.32. The van der Waals surface area contributed by atoms with Crippen molar-refractivity contribution in [1.29, 1.82) is 0 Å². The summed E-state index contributed by atoms with van der Waals surface area (Å²) in [5.41, 5.74) is 0. The maximum atomic E-state index is 5.82. The summed E-state index contributed by atoms with van der Waals surface area (Å²) in [5.74, 6) is 0.884. The van der Waals surface area contributed by atoms with Gasteiger partial charge in [0.15, 0.2) is 0 Å². The minimum atomic E-state index is 0.613. The van der Waals surface area contributed by atoms with E-state index in [4.69, 9.17) is 4.74 Å². The monoisotopic (exact) mass is 318 g/mol. The summed E-state index contributed by atoms with van der Waals surface area (Å²) in [6, 6.07) is 18.5. The van der Waals surface area contributed by atoms with E-state index >= 15 is 0 Å². The molecule has 1 nitrogen and oxygen atoms in total.